The molecule has 186 valence electrons. The van der Waals surface area contributed by atoms with E-state index in [1.165, 1.54) is 0 Å². The summed E-state index contributed by atoms with van der Waals surface area (Å²) in [6.07, 6.45) is 0. The Bertz CT molecular complexity index is 2280. The largest absolute Gasteiger partial charge is 0.456 e. The molecule has 0 spiro atoms. The van der Waals surface area contributed by atoms with Gasteiger partial charge in [0.1, 0.15) is 28.4 Å². The van der Waals surface area contributed by atoms with Crippen LogP contribution in [0.5, 0.6) is 0 Å². The molecule has 0 saturated carbocycles. The van der Waals surface area contributed by atoms with Crippen LogP contribution in [0.2, 0.25) is 0 Å². The quantitative estimate of drug-likeness (QED) is 0.237. The Balaban J connectivity index is 1.44. The summed E-state index contributed by atoms with van der Waals surface area (Å²) in [5.74, 6) is 0. The molecule has 0 unspecified atom stereocenters. The first-order valence-electron chi connectivity index (χ1n) is 13.2. The van der Waals surface area contributed by atoms with Crippen LogP contribution >= 0.6 is 0 Å². The predicted molar refractivity (Wildman–Crippen MR) is 162 cm³/mol. The smallest absolute Gasteiger partial charge is 0.135 e. The van der Waals surface area contributed by atoms with Crippen LogP contribution in [0.1, 0.15) is 5.56 Å². The van der Waals surface area contributed by atoms with Crippen molar-refractivity contribution < 1.29 is 8.83 Å². The number of hydrogen-bond donors (Lipinski definition) is 0. The molecular formula is C37H21NO2. The molecule has 0 N–H and O–H groups in total. The first-order chi connectivity index (χ1) is 19.8. The second-order valence-corrected chi connectivity index (χ2v) is 10.0. The van der Waals surface area contributed by atoms with Crippen molar-refractivity contribution in [2.24, 2.45) is 0 Å². The van der Waals surface area contributed by atoms with E-state index >= 15 is 0 Å². The normalized spacial score (nSPS) is 11.5. The van der Waals surface area contributed by atoms with E-state index in [2.05, 4.69) is 66.7 Å². The van der Waals surface area contributed by atoms with Crippen molar-refractivity contribution in [2.45, 2.75) is 0 Å². The van der Waals surface area contributed by atoms with Gasteiger partial charge in [0.2, 0.25) is 0 Å². The van der Waals surface area contributed by atoms with Gasteiger partial charge in [0.05, 0.1) is 5.56 Å². The number of hydrogen-bond acceptors (Lipinski definition) is 3. The number of para-hydroxylation sites is 2. The second-order valence-electron chi connectivity index (χ2n) is 10.0. The summed E-state index contributed by atoms with van der Waals surface area (Å²) in [5, 5.41) is 14.9. The average molecular weight is 512 g/mol. The fraction of sp³-hybridized carbons (Fsp3) is 0. The highest BCUT2D eigenvalue weighted by Gasteiger charge is 2.20. The average Bonchev–Trinajstić information content (AvgIpc) is 3.58. The van der Waals surface area contributed by atoms with Crippen molar-refractivity contribution in [3.8, 4) is 39.4 Å². The molecule has 2 heterocycles. The van der Waals surface area contributed by atoms with Gasteiger partial charge in [-0.1, -0.05) is 91.0 Å². The molecule has 0 amide bonds. The maximum Gasteiger partial charge on any atom is 0.135 e. The second kappa shape index (κ2) is 8.73. The SMILES string of the molecule is N#Cc1c(-c2ccccc2)ccc(-c2ccc3oc4ccccc4c3c2)c1-c1ccc2oc3ccccc3c2c1. The van der Waals surface area contributed by atoms with E-state index < -0.39 is 0 Å². The van der Waals surface area contributed by atoms with E-state index in [0.717, 1.165) is 77.3 Å². The van der Waals surface area contributed by atoms with Crippen LogP contribution in [0.15, 0.2) is 136 Å². The Kier molecular flexibility index (Phi) is 4.89. The summed E-state index contributed by atoms with van der Waals surface area (Å²) in [5.41, 5.74) is 9.87. The molecule has 0 saturated heterocycles. The Morgan fingerprint density at radius 1 is 0.425 bits per heavy atom. The van der Waals surface area contributed by atoms with Crippen LogP contribution in [0, 0.1) is 11.3 Å². The maximum atomic E-state index is 10.6. The lowest BCUT2D eigenvalue weighted by molar-refractivity contribution is 0.668. The molecule has 0 aliphatic rings. The highest BCUT2D eigenvalue weighted by Crippen LogP contribution is 2.43. The van der Waals surface area contributed by atoms with Crippen molar-refractivity contribution >= 4 is 43.9 Å². The van der Waals surface area contributed by atoms with Gasteiger partial charge in [-0.25, -0.2) is 0 Å². The van der Waals surface area contributed by atoms with E-state index in [4.69, 9.17) is 8.83 Å². The summed E-state index contributed by atoms with van der Waals surface area (Å²) in [4.78, 5) is 0. The van der Waals surface area contributed by atoms with E-state index in [1.807, 2.05) is 66.7 Å². The number of nitriles is 1. The third kappa shape index (κ3) is 3.37. The summed E-state index contributed by atoms with van der Waals surface area (Å²) in [6, 6.07) is 45.6. The van der Waals surface area contributed by atoms with Crippen LogP contribution in [-0.4, -0.2) is 0 Å². The molecule has 0 fully saturated rings. The monoisotopic (exact) mass is 511 g/mol. The summed E-state index contributed by atoms with van der Waals surface area (Å²) in [7, 11) is 0. The summed E-state index contributed by atoms with van der Waals surface area (Å²) < 4.78 is 12.2. The summed E-state index contributed by atoms with van der Waals surface area (Å²) in [6.45, 7) is 0. The first-order valence-corrected chi connectivity index (χ1v) is 13.2. The number of rotatable bonds is 3. The van der Waals surface area contributed by atoms with Crippen LogP contribution in [0.25, 0.3) is 77.3 Å². The van der Waals surface area contributed by atoms with Gasteiger partial charge in [0.25, 0.3) is 0 Å². The summed E-state index contributed by atoms with van der Waals surface area (Å²) >= 11 is 0. The molecule has 8 rings (SSSR count). The van der Waals surface area contributed by atoms with Gasteiger partial charge in [-0.15, -0.1) is 0 Å². The van der Waals surface area contributed by atoms with Gasteiger partial charge >= 0.3 is 0 Å². The Hall–Kier alpha value is -5.59. The predicted octanol–water partition coefficient (Wildman–Crippen LogP) is 10.4. The molecule has 3 nitrogen and oxygen atoms in total. The van der Waals surface area contributed by atoms with E-state index in [-0.39, 0.29) is 0 Å². The fourth-order valence-corrected chi connectivity index (χ4v) is 5.89. The molecule has 6 aromatic carbocycles. The van der Waals surface area contributed by atoms with Crippen LogP contribution < -0.4 is 0 Å². The Labute approximate surface area is 230 Å². The van der Waals surface area contributed by atoms with Crippen molar-refractivity contribution in [3.05, 3.63) is 133 Å². The lowest BCUT2D eigenvalue weighted by Gasteiger charge is -2.16. The van der Waals surface area contributed by atoms with Gasteiger partial charge in [-0.3, -0.25) is 0 Å². The van der Waals surface area contributed by atoms with Gasteiger partial charge in [-0.2, -0.15) is 5.26 Å². The molecule has 0 bridgehead atoms. The van der Waals surface area contributed by atoms with E-state index in [9.17, 15) is 5.26 Å². The Morgan fingerprint density at radius 2 is 0.950 bits per heavy atom. The van der Waals surface area contributed by atoms with Gasteiger partial charge < -0.3 is 8.83 Å². The number of furan rings is 2. The molecule has 0 atom stereocenters. The zero-order valence-corrected chi connectivity index (χ0v) is 21.4. The molecule has 8 aromatic rings. The van der Waals surface area contributed by atoms with Crippen LogP contribution in [0.3, 0.4) is 0 Å². The third-order valence-corrected chi connectivity index (χ3v) is 7.76. The van der Waals surface area contributed by atoms with Crippen LogP contribution in [-0.2, 0) is 0 Å². The number of nitrogens with zero attached hydrogens (tertiary/aromatic N) is 1. The molecule has 40 heavy (non-hydrogen) atoms. The first kappa shape index (κ1) is 22.4. The van der Waals surface area contributed by atoms with Crippen molar-refractivity contribution in [3.63, 3.8) is 0 Å². The van der Waals surface area contributed by atoms with Gasteiger partial charge in [0, 0.05) is 32.7 Å². The molecule has 0 radical (unpaired) electrons. The molecule has 2 aromatic heterocycles. The van der Waals surface area contributed by atoms with E-state index in [1.54, 1.807) is 0 Å². The van der Waals surface area contributed by atoms with Crippen LogP contribution in [0.4, 0.5) is 0 Å². The van der Waals surface area contributed by atoms with E-state index in [0.29, 0.717) is 5.56 Å². The molecule has 0 aliphatic heterocycles. The van der Waals surface area contributed by atoms with Crippen molar-refractivity contribution in [2.75, 3.05) is 0 Å². The fourth-order valence-electron chi connectivity index (χ4n) is 5.89. The molecule has 3 heteroatoms. The topological polar surface area (TPSA) is 50.1 Å². The Morgan fingerprint density at radius 3 is 1.60 bits per heavy atom. The number of benzene rings is 6. The molecule has 0 aliphatic carbocycles. The highest BCUT2D eigenvalue weighted by atomic mass is 16.3. The highest BCUT2D eigenvalue weighted by molar-refractivity contribution is 6.09. The lowest BCUT2D eigenvalue weighted by Crippen LogP contribution is -1.94. The minimum atomic E-state index is 0.646. The zero-order valence-electron chi connectivity index (χ0n) is 21.4. The van der Waals surface area contributed by atoms with Crippen molar-refractivity contribution in [1.82, 2.24) is 0 Å². The third-order valence-electron chi connectivity index (χ3n) is 7.76. The standard InChI is InChI=1S/C37H21NO2/c38-22-32-26(23-8-2-1-3-9-23)16-17-27(24-14-18-35-30(20-24)28-10-4-6-12-33(28)39-35)37(32)25-15-19-36-31(21-25)29-11-5-7-13-34(29)40-36/h1-21H. The van der Waals surface area contributed by atoms with Gasteiger partial charge in [-0.05, 0) is 58.7 Å². The minimum absolute atomic E-state index is 0.646. The van der Waals surface area contributed by atoms with Crippen molar-refractivity contribution in [1.29, 1.82) is 5.26 Å². The molecular weight excluding hydrogens is 490 g/mol. The lowest BCUT2D eigenvalue weighted by atomic mass is 9.85. The number of fused-ring (bicyclic) bond motifs is 6. The zero-order chi connectivity index (χ0) is 26.6. The maximum absolute atomic E-state index is 10.6. The van der Waals surface area contributed by atoms with Gasteiger partial charge in [0.15, 0.2) is 0 Å². The minimum Gasteiger partial charge on any atom is -0.456 e.